The Balaban J connectivity index is 0.000000135. The van der Waals surface area contributed by atoms with E-state index in [1.807, 2.05) is 25.0 Å². The summed E-state index contributed by atoms with van der Waals surface area (Å²) in [5.41, 5.74) is 25.9. The Morgan fingerprint density at radius 3 is 0.845 bits per heavy atom. The lowest BCUT2D eigenvalue weighted by molar-refractivity contribution is -0.168. The average molecular weight is 2130 g/mol. The number of hydrogen-bond acceptors (Lipinski definition) is 42. The number of hydrogen-bond donors (Lipinski definition) is 6. The zero-order valence-electron chi connectivity index (χ0n) is 86.6. The van der Waals surface area contributed by atoms with Gasteiger partial charge < -0.3 is 120 Å². The molecular formula is C98H148N28O18S4. The van der Waals surface area contributed by atoms with E-state index >= 15 is 0 Å². The molecule has 46 nitrogen and oxygen atoms in total. The summed E-state index contributed by atoms with van der Waals surface area (Å²) in [5.74, 6) is 2.40. The molecular weight excluding hydrogens is 1990 g/mol. The van der Waals surface area contributed by atoms with Crippen molar-refractivity contribution in [1.82, 2.24) is 117 Å². The molecule has 12 aliphatic heterocycles. The van der Waals surface area contributed by atoms with Gasteiger partial charge in [0.25, 0.3) is 0 Å². The van der Waals surface area contributed by atoms with E-state index in [0.717, 1.165) is 104 Å². The molecule has 812 valence electrons. The van der Waals surface area contributed by atoms with Crippen LogP contribution in [0.1, 0.15) is 195 Å². The number of aliphatic hydroxyl groups is 2. The number of ether oxygens (including phenoxy) is 10. The molecule has 20 heterocycles. The van der Waals surface area contributed by atoms with Crippen LogP contribution in [-0.2, 0) is 57.0 Å². The molecule has 0 bridgehead atoms. The topological polar surface area (TPSA) is 540 Å². The molecule has 0 aliphatic carbocycles. The molecule has 0 spiro atoms. The first-order valence-corrected chi connectivity index (χ1v) is 57.9. The van der Waals surface area contributed by atoms with Gasteiger partial charge in [0.2, 0.25) is 0 Å². The highest BCUT2D eigenvalue weighted by Gasteiger charge is 2.56. The molecule has 8 aromatic heterocycles. The summed E-state index contributed by atoms with van der Waals surface area (Å²) in [5, 5.41) is 22.1. The molecule has 12 aliphatic rings. The number of rotatable bonds is 22. The minimum atomic E-state index is -1.07. The Hall–Kier alpha value is -9.58. The molecule has 8 aromatic rings. The highest BCUT2D eigenvalue weighted by Crippen LogP contribution is 2.44. The van der Waals surface area contributed by atoms with E-state index in [4.69, 9.17) is 70.3 Å². The Morgan fingerprint density at radius 1 is 0.304 bits per heavy atom. The van der Waals surface area contributed by atoms with E-state index in [-0.39, 0.29) is 23.3 Å². The van der Waals surface area contributed by atoms with Crippen LogP contribution in [0.3, 0.4) is 0 Å². The van der Waals surface area contributed by atoms with E-state index in [1.54, 1.807) is 145 Å². The number of carbonyl (C=O) groups is 6. The summed E-state index contributed by atoms with van der Waals surface area (Å²) >= 11 is 6.26. The smallest absolute Gasteiger partial charge is 0.410 e. The number of thioether (sulfide) groups is 4. The third kappa shape index (κ3) is 25.3. The molecule has 50 heteroatoms. The number of amides is 4. The summed E-state index contributed by atoms with van der Waals surface area (Å²) in [7, 11) is 0. The van der Waals surface area contributed by atoms with Gasteiger partial charge in [0.1, 0.15) is 77.9 Å². The van der Waals surface area contributed by atoms with Crippen LogP contribution >= 0.6 is 47.0 Å². The standard InChI is InChI=1S/2C27H41N7O5S.2C22H33N7O4S/c1-27(2,3)25(35)38-21-20(39-26(36)33-12-8-17(9-13-33)32-10-6-5-7-11-32)18(14-40-4)37-24(21)34-16-31-19-22(28)29-15-30-23(19)34;1-27(2,3)25(35)38-20-18(14-40-4)37-24(34-16-31-19-22(28)29-15-30-23(19)34)21(20)39-26(36)33-12-8-17(9-13-33)32-10-6-5-7-11-32;1-34-11-15-18(17(30)21(32-15)29-13-26-16-19(23)24-12-25-20(16)29)33-22(31)28-9-5-14(6-10-28)27-7-3-2-4-8-27;1-34-11-15-17(30)18(21(32-15)29-13-26-16-19(23)24-12-25-20(16)29)33-22(31)28-9-5-14(6-10-28)27-7-3-2-4-8-27/h2*15-18,20-21,24H,5-14H2,1-4H3,(H2,28,29,30);2*12-15,17-18,21,30H,2-11H2,1H3,(H2,23,24,25)/t2*18-,20-,21-,24-;2*15-,17-,18-,21-/m1111/s1. The molecule has 148 heavy (non-hydrogen) atoms. The molecule has 10 N–H and O–H groups in total. The van der Waals surface area contributed by atoms with Gasteiger partial charge in [0.05, 0.1) is 42.2 Å². The number of anilines is 4. The van der Waals surface area contributed by atoms with E-state index in [2.05, 4.69) is 79.4 Å². The minimum absolute atomic E-state index is 0.238. The number of likely N-dealkylation sites (tertiary alicyclic amines) is 8. The number of esters is 2. The number of nitrogen functional groups attached to an aromatic ring is 4. The summed E-state index contributed by atoms with van der Waals surface area (Å²) in [6, 6.07) is 2.09. The van der Waals surface area contributed by atoms with Gasteiger partial charge in [0, 0.05) is 99.5 Å². The van der Waals surface area contributed by atoms with Crippen LogP contribution in [0.2, 0.25) is 0 Å². The molecule has 0 aromatic carbocycles. The van der Waals surface area contributed by atoms with Crippen LogP contribution in [0, 0.1) is 10.8 Å². The van der Waals surface area contributed by atoms with Crippen molar-refractivity contribution in [3.8, 4) is 0 Å². The molecule has 0 saturated carbocycles. The maximum atomic E-state index is 13.6. The van der Waals surface area contributed by atoms with E-state index < -0.39 is 145 Å². The van der Waals surface area contributed by atoms with Crippen LogP contribution in [0.25, 0.3) is 44.7 Å². The molecule has 12 fully saturated rings. The van der Waals surface area contributed by atoms with Gasteiger partial charge in [-0.15, -0.1) is 0 Å². The summed E-state index contributed by atoms with van der Waals surface area (Å²) in [6.45, 7) is 25.1. The van der Waals surface area contributed by atoms with Crippen molar-refractivity contribution >= 4 is 151 Å². The van der Waals surface area contributed by atoms with Crippen molar-refractivity contribution in [1.29, 1.82) is 0 Å². The van der Waals surface area contributed by atoms with E-state index in [9.17, 15) is 39.0 Å². The van der Waals surface area contributed by atoms with E-state index in [0.29, 0.717) is 144 Å². The van der Waals surface area contributed by atoms with Gasteiger partial charge in [0.15, 0.2) is 107 Å². The van der Waals surface area contributed by atoms with Crippen molar-refractivity contribution in [2.24, 2.45) is 10.8 Å². The first-order chi connectivity index (χ1) is 71.5. The lowest BCUT2D eigenvalue weighted by Gasteiger charge is -2.40. The first kappa shape index (κ1) is 110. The quantitative estimate of drug-likeness (QED) is 0.0272. The van der Waals surface area contributed by atoms with Crippen LogP contribution in [0.4, 0.5) is 42.4 Å². The van der Waals surface area contributed by atoms with E-state index in [1.165, 1.54) is 109 Å². The average Bonchev–Trinajstić information content (AvgIpc) is 1.62. The fourth-order valence-corrected chi connectivity index (χ4v) is 24.5. The number of piperidine rings is 8. The largest absolute Gasteiger partial charge is 0.455 e. The highest BCUT2D eigenvalue weighted by molar-refractivity contribution is 7.99. The maximum absolute atomic E-state index is 13.6. The third-order valence-corrected chi connectivity index (χ3v) is 33.0. The lowest BCUT2D eigenvalue weighted by Crippen LogP contribution is -2.50. The second kappa shape index (κ2) is 49.9. The highest BCUT2D eigenvalue weighted by atomic mass is 32.2. The predicted molar refractivity (Wildman–Crippen MR) is 560 cm³/mol. The Bertz CT molecular complexity index is 5730. The van der Waals surface area contributed by atoms with Crippen molar-refractivity contribution < 1.29 is 86.3 Å². The molecule has 0 unspecified atom stereocenters. The number of carbonyl (C=O) groups excluding carboxylic acids is 6. The van der Waals surface area contributed by atoms with Gasteiger partial charge >= 0.3 is 36.3 Å². The SMILES string of the molecule is CSC[C@H]1O[C@@H](n2cnc3c(N)ncnc32)[C@H](O)[C@@H]1OC(=O)N1CCC(N2CCCCC2)CC1.CSC[C@H]1O[C@@H](n2cnc3c(N)ncnc32)[C@H](OC(=O)C(C)(C)C)[C@@H]1OC(=O)N1CCC(N2CCCCC2)CC1.CSC[C@H]1O[C@@H](n2cnc3c(N)ncnc32)[C@H](OC(=O)N2CCC(N3CCCCC3)CC2)[C@@H]1O.CSC[C@H]1O[C@@H](n2cnc3c(N)ncnc32)[C@H](OC(=O)N2CCC(N3CCCCC3)CC2)[C@@H]1OC(=O)C(C)(C)C. The monoisotopic (exact) mass is 2130 g/mol. The molecule has 12 saturated heterocycles. The van der Waals surface area contributed by atoms with Gasteiger partial charge in [-0.1, -0.05) is 25.7 Å². The van der Waals surface area contributed by atoms with Crippen LogP contribution in [-0.4, -0.2) is 414 Å². The number of aliphatic hydroxyl groups excluding tert-OH is 2. The number of nitrogens with zero attached hydrogens (tertiary/aromatic N) is 24. The Kier molecular flexibility index (Phi) is 36.9. The summed E-state index contributed by atoms with van der Waals surface area (Å²) in [4.78, 5) is 147. The van der Waals surface area contributed by atoms with Crippen LogP contribution < -0.4 is 22.9 Å². The minimum Gasteiger partial charge on any atom is -0.455 e. The number of aromatic nitrogens is 16. The van der Waals surface area contributed by atoms with Crippen molar-refractivity contribution in [3.05, 3.63) is 50.6 Å². The fraction of sp³-hybridized carbons (Fsp3) is 0.735. The third-order valence-electron chi connectivity index (χ3n) is 30.3. The predicted octanol–water partition coefficient (Wildman–Crippen LogP) is 9.14. The van der Waals surface area contributed by atoms with Crippen LogP contribution in [0.5, 0.6) is 0 Å². The van der Waals surface area contributed by atoms with Crippen molar-refractivity contribution in [2.45, 2.75) is 292 Å². The number of imidazole rings is 4. The summed E-state index contributed by atoms with van der Waals surface area (Å²) in [6.07, 6.45) is 28.2. The van der Waals surface area contributed by atoms with Gasteiger partial charge in [-0.05, 0) is 222 Å². The van der Waals surface area contributed by atoms with Gasteiger partial charge in [-0.2, -0.15) is 47.0 Å². The van der Waals surface area contributed by atoms with Crippen molar-refractivity contribution in [3.63, 3.8) is 0 Å². The van der Waals surface area contributed by atoms with Crippen LogP contribution in [0.15, 0.2) is 50.6 Å². The number of fused-ring (bicyclic) bond motifs is 4. The first-order valence-electron chi connectivity index (χ1n) is 52.3. The molecule has 20 rings (SSSR count). The molecule has 16 atom stereocenters. The van der Waals surface area contributed by atoms with Crippen molar-refractivity contribution in [2.75, 3.05) is 176 Å². The second-order valence-electron chi connectivity index (χ2n) is 42.3. The second-order valence-corrected chi connectivity index (χ2v) is 45.9. The number of nitrogens with two attached hydrogens (primary N) is 4. The maximum Gasteiger partial charge on any atom is 0.410 e. The molecule has 4 amide bonds. The lowest BCUT2D eigenvalue weighted by atomic mass is 9.97. The Morgan fingerprint density at radius 2 is 0.541 bits per heavy atom. The van der Waals surface area contributed by atoms with Gasteiger partial charge in [-0.25, -0.2) is 79.0 Å². The Labute approximate surface area is 879 Å². The zero-order valence-corrected chi connectivity index (χ0v) is 89.8. The van der Waals surface area contributed by atoms with Gasteiger partial charge in [-0.3, -0.25) is 27.9 Å². The molecule has 0 radical (unpaired) electrons. The summed E-state index contributed by atoms with van der Waals surface area (Å²) < 4.78 is 68.0. The normalized spacial score (nSPS) is 27.8. The zero-order chi connectivity index (χ0) is 104. The fourth-order valence-electron chi connectivity index (χ4n) is 22.1.